The Kier molecular flexibility index (Phi) is 5.26. The molecule has 0 aliphatic heterocycles. The first kappa shape index (κ1) is 15.3. The van der Waals surface area contributed by atoms with Crippen LogP contribution in [0.15, 0.2) is 22.7 Å². The van der Waals surface area contributed by atoms with E-state index in [1.165, 1.54) is 12.8 Å². The molecule has 106 valence electrons. The number of rotatable bonds is 5. The molecule has 0 radical (unpaired) electrons. The average Bonchev–Trinajstić information content (AvgIpc) is 2.84. The van der Waals surface area contributed by atoms with Crippen LogP contribution in [0.2, 0.25) is 5.02 Å². The van der Waals surface area contributed by atoms with E-state index >= 15 is 0 Å². The quantitative estimate of drug-likeness (QED) is 0.626. The molecule has 0 amide bonds. The first-order valence-corrected chi connectivity index (χ1v) is 7.85. The number of halogens is 2. The van der Waals surface area contributed by atoms with Crippen molar-refractivity contribution in [2.75, 3.05) is 6.61 Å². The fraction of sp³-hybridized carbons (Fsp3) is 0.571. The van der Waals surface area contributed by atoms with E-state index in [1.807, 2.05) is 25.1 Å². The van der Waals surface area contributed by atoms with Crippen molar-refractivity contribution < 1.29 is 4.74 Å². The molecule has 19 heavy (non-hydrogen) atoms. The van der Waals surface area contributed by atoms with E-state index in [2.05, 4.69) is 21.4 Å². The Hall–Kier alpha value is -0.130. The summed E-state index contributed by atoms with van der Waals surface area (Å²) in [4.78, 5) is 0. The average molecular weight is 348 g/mol. The molecule has 0 spiro atoms. The maximum absolute atomic E-state index is 6.36. The summed E-state index contributed by atoms with van der Waals surface area (Å²) >= 11 is 9.94. The highest BCUT2D eigenvalue weighted by molar-refractivity contribution is 9.10. The third-order valence-corrected chi connectivity index (χ3v) is 4.88. The zero-order chi connectivity index (χ0) is 13.9. The van der Waals surface area contributed by atoms with Crippen molar-refractivity contribution in [1.82, 2.24) is 5.43 Å². The van der Waals surface area contributed by atoms with Crippen molar-refractivity contribution in [2.24, 2.45) is 5.84 Å². The lowest BCUT2D eigenvalue weighted by atomic mass is 9.87. The highest BCUT2D eigenvalue weighted by Crippen LogP contribution is 2.46. The third kappa shape index (κ3) is 2.98. The molecule has 1 aromatic rings. The molecule has 1 unspecified atom stereocenters. The lowest BCUT2D eigenvalue weighted by Gasteiger charge is -2.38. The summed E-state index contributed by atoms with van der Waals surface area (Å²) in [5.74, 6) is 5.83. The molecule has 5 heteroatoms. The number of nitrogens with two attached hydrogens (primary N) is 1. The molecule has 3 N–H and O–H groups in total. The van der Waals surface area contributed by atoms with Gasteiger partial charge >= 0.3 is 0 Å². The Morgan fingerprint density at radius 1 is 1.47 bits per heavy atom. The summed E-state index contributed by atoms with van der Waals surface area (Å²) in [6.07, 6.45) is 4.35. The highest BCUT2D eigenvalue weighted by atomic mass is 79.9. The van der Waals surface area contributed by atoms with Gasteiger partial charge in [0.05, 0.1) is 11.6 Å². The summed E-state index contributed by atoms with van der Waals surface area (Å²) in [5.41, 5.74) is 3.66. The number of nitrogens with one attached hydrogen (secondary N) is 1. The zero-order valence-electron chi connectivity index (χ0n) is 11.1. The summed E-state index contributed by atoms with van der Waals surface area (Å²) in [6, 6.07) is 5.70. The van der Waals surface area contributed by atoms with Crippen LogP contribution in [0.25, 0.3) is 0 Å². The van der Waals surface area contributed by atoms with Crippen LogP contribution in [0.4, 0.5) is 0 Å². The molecular weight excluding hydrogens is 328 g/mol. The van der Waals surface area contributed by atoms with Crippen LogP contribution in [-0.4, -0.2) is 12.2 Å². The van der Waals surface area contributed by atoms with E-state index in [4.69, 9.17) is 22.2 Å². The second-order valence-corrected chi connectivity index (χ2v) is 6.20. The predicted octanol–water partition coefficient (Wildman–Crippen LogP) is 3.96. The van der Waals surface area contributed by atoms with Crippen LogP contribution in [0.1, 0.15) is 44.2 Å². The topological polar surface area (TPSA) is 47.3 Å². The van der Waals surface area contributed by atoms with Gasteiger partial charge in [-0.05, 0) is 31.9 Å². The molecule has 1 fully saturated rings. The van der Waals surface area contributed by atoms with Gasteiger partial charge in [0.15, 0.2) is 0 Å². The monoisotopic (exact) mass is 346 g/mol. The minimum atomic E-state index is -0.253. The fourth-order valence-electron chi connectivity index (χ4n) is 3.06. The normalized spacial score (nSPS) is 19.6. The molecule has 1 saturated carbocycles. The van der Waals surface area contributed by atoms with E-state index in [-0.39, 0.29) is 11.6 Å². The molecule has 1 aliphatic rings. The van der Waals surface area contributed by atoms with Crippen LogP contribution < -0.4 is 11.3 Å². The van der Waals surface area contributed by atoms with Gasteiger partial charge in [-0.1, -0.05) is 46.4 Å². The van der Waals surface area contributed by atoms with Crippen molar-refractivity contribution in [2.45, 2.75) is 44.2 Å². The predicted molar refractivity (Wildman–Crippen MR) is 82.0 cm³/mol. The van der Waals surface area contributed by atoms with Crippen LogP contribution in [-0.2, 0) is 4.74 Å². The number of hydrazine groups is 1. The van der Waals surface area contributed by atoms with Gasteiger partial charge in [-0.3, -0.25) is 5.84 Å². The number of hydrogen-bond acceptors (Lipinski definition) is 3. The molecule has 0 aromatic heterocycles. The lowest BCUT2D eigenvalue weighted by Crippen LogP contribution is -2.47. The van der Waals surface area contributed by atoms with E-state index in [9.17, 15) is 0 Å². The van der Waals surface area contributed by atoms with E-state index < -0.39 is 0 Å². The molecule has 1 aromatic carbocycles. The van der Waals surface area contributed by atoms with Gasteiger partial charge in [0, 0.05) is 21.7 Å². The van der Waals surface area contributed by atoms with Gasteiger partial charge < -0.3 is 4.74 Å². The number of benzene rings is 1. The fourth-order valence-corrected chi connectivity index (χ4v) is 4.05. The van der Waals surface area contributed by atoms with Gasteiger partial charge in [0.25, 0.3) is 0 Å². The van der Waals surface area contributed by atoms with Crippen molar-refractivity contribution in [3.8, 4) is 0 Å². The van der Waals surface area contributed by atoms with Crippen molar-refractivity contribution in [3.05, 3.63) is 33.3 Å². The second kappa shape index (κ2) is 6.55. The third-order valence-electron chi connectivity index (χ3n) is 3.86. The van der Waals surface area contributed by atoms with Crippen LogP contribution >= 0.6 is 27.5 Å². The molecule has 0 heterocycles. The Labute approximate surface area is 127 Å². The summed E-state index contributed by atoms with van der Waals surface area (Å²) in [5, 5.41) is 0.711. The Bertz CT molecular complexity index is 415. The molecule has 0 bridgehead atoms. The van der Waals surface area contributed by atoms with E-state index in [0.717, 1.165) is 22.9 Å². The Morgan fingerprint density at radius 3 is 2.68 bits per heavy atom. The van der Waals surface area contributed by atoms with Crippen molar-refractivity contribution in [3.63, 3.8) is 0 Å². The minimum Gasteiger partial charge on any atom is -0.373 e. The molecule has 1 aliphatic carbocycles. The summed E-state index contributed by atoms with van der Waals surface area (Å²) in [7, 11) is 0. The molecule has 0 saturated heterocycles. The minimum absolute atomic E-state index is 0.0991. The summed E-state index contributed by atoms with van der Waals surface area (Å²) < 4.78 is 7.05. The van der Waals surface area contributed by atoms with Gasteiger partial charge in [-0.15, -0.1) is 0 Å². The van der Waals surface area contributed by atoms with E-state index in [0.29, 0.717) is 11.6 Å². The van der Waals surface area contributed by atoms with Gasteiger partial charge in [-0.25, -0.2) is 5.43 Å². The maximum Gasteiger partial charge on any atom is 0.0890 e. The molecule has 1 atom stereocenters. The smallest absolute Gasteiger partial charge is 0.0890 e. The van der Waals surface area contributed by atoms with Gasteiger partial charge in [0.2, 0.25) is 0 Å². The SMILES string of the molecule is CCOC1(C(NN)c2c(Cl)cccc2Br)CCCC1. The second-order valence-electron chi connectivity index (χ2n) is 4.94. The number of ether oxygens (including phenoxy) is 1. The van der Waals surface area contributed by atoms with Crippen molar-refractivity contribution >= 4 is 27.5 Å². The first-order valence-electron chi connectivity index (χ1n) is 6.68. The largest absolute Gasteiger partial charge is 0.373 e. The lowest BCUT2D eigenvalue weighted by molar-refractivity contribution is -0.0628. The van der Waals surface area contributed by atoms with Crippen molar-refractivity contribution in [1.29, 1.82) is 0 Å². The zero-order valence-corrected chi connectivity index (χ0v) is 13.4. The van der Waals surface area contributed by atoms with E-state index in [1.54, 1.807) is 0 Å². The van der Waals surface area contributed by atoms with Crippen LogP contribution in [0, 0.1) is 0 Å². The maximum atomic E-state index is 6.36. The Morgan fingerprint density at radius 2 is 2.16 bits per heavy atom. The Balaban J connectivity index is 2.43. The van der Waals surface area contributed by atoms with Crippen LogP contribution in [0.3, 0.4) is 0 Å². The van der Waals surface area contributed by atoms with Gasteiger partial charge in [0.1, 0.15) is 0 Å². The highest BCUT2D eigenvalue weighted by Gasteiger charge is 2.44. The summed E-state index contributed by atoms with van der Waals surface area (Å²) in [6.45, 7) is 2.70. The molecular formula is C14H20BrClN2O. The number of hydrogen-bond donors (Lipinski definition) is 2. The molecule has 3 nitrogen and oxygen atoms in total. The van der Waals surface area contributed by atoms with Crippen LogP contribution in [0.5, 0.6) is 0 Å². The first-order chi connectivity index (χ1) is 9.14. The van der Waals surface area contributed by atoms with Gasteiger partial charge in [-0.2, -0.15) is 0 Å². The standard InChI is InChI=1S/C14H20BrClN2O/c1-2-19-14(8-3-4-9-14)13(18-17)12-10(15)6-5-7-11(12)16/h5-7,13,18H,2-4,8-9,17H2,1H3. The molecule has 2 rings (SSSR count).